The van der Waals surface area contributed by atoms with Crippen molar-refractivity contribution in [3.63, 3.8) is 0 Å². The summed E-state index contributed by atoms with van der Waals surface area (Å²) in [6, 6.07) is 6.26. The second kappa shape index (κ2) is 4.78. The summed E-state index contributed by atoms with van der Waals surface area (Å²) in [4.78, 5) is 0. The van der Waals surface area contributed by atoms with Crippen molar-refractivity contribution in [1.82, 2.24) is 5.32 Å². The van der Waals surface area contributed by atoms with Gasteiger partial charge in [-0.15, -0.1) is 11.8 Å². The van der Waals surface area contributed by atoms with Crippen LogP contribution < -0.4 is 14.8 Å². The highest BCUT2D eigenvalue weighted by Gasteiger charge is 2.22. The zero-order valence-corrected chi connectivity index (χ0v) is 10.8. The average molecular weight is 251 g/mol. The summed E-state index contributed by atoms with van der Waals surface area (Å²) >= 11 is 1.98. The first-order chi connectivity index (χ1) is 8.33. The molecule has 17 heavy (non-hydrogen) atoms. The number of ether oxygens (including phenoxy) is 2. The highest BCUT2D eigenvalue weighted by atomic mass is 32.2. The van der Waals surface area contributed by atoms with E-state index >= 15 is 0 Å². The Morgan fingerprint density at radius 3 is 2.88 bits per heavy atom. The second-order valence-electron chi connectivity index (χ2n) is 4.47. The first-order valence-corrected chi connectivity index (χ1v) is 7.05. The van der Waals surface area contributed by atoms with E-state index in [1.165, 1.54) is 12.0 Å². The van der Waals surface area contributed by atoms with Crippen molar-refractivity contribution < 1.29 is 9.47 Å². The van der Waals surface area contributed by atoms with Crippen LogP contribution in [0.1, 0.15) is 24.3 Å². The first-order valence-electron chi connectivity index (χ1n) is 6.11. The largest absolute Gasteiger partial charge is 0.486 e. The summed E-state index contributed by atoms with van der Waals surface area (Å²) in [5.41, 5.74) is 1.28. The Morgan fingerprint density at radius 2 is 2.06 bits per heavy atom. The van der Waals surface area contributed by atoms with Gasteiger partial charge in [0.25, 0.3) is 0 Å². The van der Waals surface area contributed by atoms with E-state index in [2.05, 4.69) is 24.4 Å². The van der Waals surface area contributed by atoms with Crippen LogP contribution in [0, 0.1) is 0 Å². The average Bonchev–Trinajstić information content (AvgIpc) is 2.38. The smallest absolute Gasteiger partial charge is 0.161 e. The van der Waals surface area contributed by atoms with Crippen LogP contribution in [0.25, 0.3) is 0 Å². The summed E-state index contributed by atoms with van der Waals surface area (Å²) in [5, 5.41) is 4.64. The number of hydrogen-bond acceptors (Lipinski definition) is 4. The van der Waals surface area contributed by atoms with Crippen LogP contribution in [0.15, 0.2) is 18.2 Å². The van der Waals surface area contributed by atoms with Crippen molar-refractivity contribution in [2.75, 3.05) is 19.8 Å². The molecule has 0 amide bonds. The summed E-state index contributed by atoms with van der Waals surface area (Å²) in [6.45, 7) is 4.68. The van der Waals surface area contributed by atoms with Crippen molar-refractivity contribution in [1.29, 1.82) is 0 Å². The third-order valence-corrected chi connectivity index (χ3v) is 4.53. The van der Waals surface area contributed by atoms with E-state index in [4.69, 9.17) is 9.47 Å². The molecule has 0 bridgehead atoms. The molecule has 2 aliphatic heterocycles. The van der Waals surface area contributed by atoms with Crippen molar-refractivity contribution in [3.05, 3.63) is 23.8 Å². The van der Waals surface area contributed by atoms with Crippen molar-refractivity contribution in [2.45, 2.75) is 24.0 Å². The van der Waals surface area contributed by atoms with Gasteiger partial charge in [0.05, 0.1) is 5.37 Å². The van der Waals surface area contributed by atoms with Crippen LogP contribution in [0.5, 0.6) is 11.5 Å². The number of rotatable bonds is 1. The van der Waals surface area contributed by atoms with Crippen LogP contribution in [0.4, 0.5) is 0 Å². The summed E-state index contributed by atoms with van der Waals surface area (Å²) < 4.78 is 11.2. The summed E-state index contributed by atoms with van der Waals surface area (Å²) in [7, 11) is 0. The van der Waals surface area contributed by atoms with Crippen LogP contribution >= 0.6 is 11.8 Å². The molecule has 4 heteroatoms. The molecule has 2 heterocycles. The molecule has 0 aromatic heterocycles. The SMILES string of the molecule is CC1CCNC(c2ccc3c(c2)OCCO3)S1. The van der Waals surface area contributed by atoms with Crippen molar-refractivity contribution in [2.24, 2.45) is 0 Å². The summed E-state index contributed by atoms with van der Waals surface area (Å²) in [6.07, 6.45) is 1.24. The van der Waals surface area contributed by atoms with E-state index in [0.717, 1.165) is 23.3 Å². The van der Waals surface area contributed by atoms with Crippen LogP contribution in [-0.4, -0.2) is 25.0 Å². The fourth-order valence-electron chi connectivity index (χ4n) is 2.19. The van der Waals surface area contributed by atoms with Crippen molar-refractivity contribution in [3.8, 4) is 11.5 Å². The van der Waals surface area contributed by atoms with Gasteiger partial charge in [0.15, 0.2) is 11.5 Å². The van der Waals surface area contributed by atoms with Gasteiger partial charge >= 0.3 is 0 Å². The van der Waals surface area contributed by atoms with E-state index in [-0.39, 0.29) is 0 Å². The third kappa shape index (κ3) is 2.38. The Morgan fingerprint density at radius 1 is 1.24 bits per heavy atom. The zero-order chi connectivity index (χ0) is 11.7. The fourth-order valence-corrected chi connectivity index (χ4v) is 3.42. The Bertz CT molecular complexity index is 410. The van der Waals surface area contributed by atoms with Crippen LogP contribution in [-0.2, 0) is 0 Å². The van der Waals surface area contributed by atoms with Crippen LogP contribution in [0.3, 0.4) is 0 Å². The molecule has 1 saturated heterocycles. The van der Waals surface area contributed by atoms with E-state index in [9.17, 15) is 0 Å². The molecule has 0 spiro atoms. The standard InChI is InChI=1S/C13H17NO2S/c1-9-4-5-14-13(17-9)10-2-3-11-12(8-10)16-7-6-15-11/h2-3,8-9,13-14H,4-7H2,1H3. The number of thioether (sulfide) groups is 1. The van der Waals surface area contributed by atoms with Gasteiger partial charge in [0, 0.05) is 5.25 Å². The molecule has 1 aromatic rings. The van der Waals surface area contributed by atoms with Gasteiger partial charge in [-0.25, -0.2) is 0 Å². The minimum Gasteiger partial charge on any atom is -0.486 e. The number of nitrogens with one attached hydrogen (secondary N) is 1. The van der Waals surface area contributed by atoms with Crippen molar-refractivity contribution >= 4 is 11.8 Å². The maximum atomic E-state index is 5.62. The molecule has 0 saturated carbocycles. The minimum absolute atomic E-state index is 0.384. The maximum absolute atomic E-state index is 5.62. The molecule has 0 aliphatic carbocycles. The van der Waals surface area contributed by atoms with Gasteiger partial charge in [0.2, 0.25) is 0 Å². The maximum Gasteiger partial charge on any atom is 0.161 e. The second-order valence-corrected chi connectivity index (χ2v) is 6.02. The molecule has 92 valence electrons. The summed E-state index contributed by atoms with van der Waals surface area (Å²) in [5.74, 6) is 1.75. The Hall–Kier alpha value is -0.870. The zero-order valence-electron chi connectivity index (χ0n) is 9.94. The molecule has 2 atom stereocenters. The lowest BCUT2D eigenvalue weighted by molar-refractivity contribution is 0.171. The highest BCUT2D eigenvalue weighted by Crippen LogP contribution is 2.38. The van der Waals surface area contributed by atoms with E-state index in [1.54, 1.807) is 0 Å². The Balaban J connectivity index is 1.83. The van der Waals surface area contributed by atoms with E-state index < -0.39 is 0 Å². The van der Waals surface area contributed by atoms with Gasteiger partial charge in [-0.3, -0.25) is 0 Å². The molecule has 1 fully saturated rings. The van der Waals surface area contributed by atoms with E-state index in [1.807, 2.05) is 17.8 Å². The van der Waals surface area contributed by atoms with Crippen LogP contribution in [0.2, 0.25) is 0 Å². The molecular formula is C13H17NO2S. The quantitative estimate of drug-likeness (QED) is 0.831. The first kappa shape index (κ1) is 11.2. The van der Waals surface area contributed by atoms with Gasteiger partial charge in [-0.2, -0.15) is 0 Å². The normalized spacial score (nSPS) is 27.8. The molecule has 1 aromatic carbocycles. The molecule has 2 aliphatic rings. The molecule has 2 unspecified atom stereocenters. The van der Waals surface area contributed by atoms with Gasteiger partial charge in [-0.05, 0) is 30.7 Å². The number of hydrogen-bond donors (Lipinski definition) is 1. The number of benzene rings is 1. The third-order valence-electron chi connectivity index (χ3n) is 3.12. The molecule has 3 nitrogen and oxygen atoms in total. The lowest BCUT2D eigenvalue weighted by atomic mass is 10.2. The molecular weight excluding hydrogens is 234 g/mol. The molecule has 1 N–H and O–H groups in total. The predicted molar refractivity (Wildman–Crippen MR) is 69.8 cm³/mol. The Labute approximate surface area is 106 Å². The molecule has 0 radical (unpaired) electrons. The lowest BCUT2D eigenvalue weighted by Crippen LogP contribution is -2.29. The topological polar surface area (TPSA) is 30.5 Å². The van der Waals surface area contributed by atoms with E-state index in [0.29, 0.717) is 18.6 Å². The predicted octanol–water partition coefficient (Wildman–Crippen LogP) is 2.57. The highest BCUT2D eigenvalue weighted by molar-refractivity contribution is 8.00. The fraction of sp³-hybridized carbons (Fsp3) is 0.538. The Kier molecular flexibility index (Phi) is 3.16. The number of fused-ring (bicyclic) bond motifs is 1. The van der Waals surface area contributed by atoms with Gasteiger partial charge in [0.1, 0.15) is 13.2 Å². The minimum atomic E-state index is 0.384. The monoisotopic (exact) mass is 251 g/mol. The van der Waals surface area contributed by atoms with Gasteiger partial charge in [-0.1, -0.05) is 13.0 Å². The lowest BCUT2D eigenvalue weighted by Gasteiger charge is -2.29. The molecule has 3 rings (SSSR count). The van der Waals surface area contributed by atoms with Gasteiger partial charge < -0.3 is 14.8 Å².